The van der Waals surface area contributed by atoms with Crippen molar-refractivity contribution in [3.8, 4) is 0 Å². The minimum absolute atomic E-state index is 0.0751. The monoisotopic (exact) mass is 317 g/mol. The lowest BCUT2D eigenvalue weighted by Crippen LogP contribution is -2.52. The van der Waals surface area contributed by atoms with E-state index in [4.69, 9.17) is 0 Å². The van der Waals surface area contributed by atoms with Gasteiger partial charge >= 0.3 is 0 Å². The van der Waals surface area contributed by atoms with E-state index in [-0.39, 0.29) is 12.0 Å². The van der Waals surface area contributed by atoms with Gasteiger partial charge in [0.2, 0.25) is 0 Å². The van der Waals surface area contributed by atoms with Gasteiger partial charge in [0.05, 0.1) is 24.4 Å². The second kappa shape index (κ2) is 6.59. The fourth-order valence-electron chi connectivity index (χ4n) is 3.92. The molecule has 1 fully saturated rings. The number of pyridine rings is 1. The summed E-state index contributed by atoms with van der Waals surface area (Å²) in [6.45, 7) is 6.59. The van der Waals surface area contributed by atoms with Crippen LogP contribution in [0.3, 0.4) is 0 Å². The van der Waals surface area contributed by atoms with E-state index in [1.54, 1.807) is 0 Å². The summed E-state index contributed by atoms with van der Waals surface area (Å²) in [6.07, 6.45) is 6.14. The molecule has 5 nitrogen and oxygen atoms in total. The first-order valence-electron chi connectivity index (χ1n) is 8.53. The smallest absolute Gasteiger partial charge is 0.0745 e. The van der Waals surface area contributed by atoms with Crippen molar-refractivity contribution in [2.24, 2.45) is 5.41 Å². The second-order valence-corrected chi connectivity index (χ2v) is 6.93. The molecule has 1 saturated heterocycles. The zero-order valence-corrected chi connectivity index (χ0v) is 14.1. The Bertz CT molecular complexity index is 669. The van der Waals surface area contributed by atoms with Crippen LogP contribution in [0.15, 0.2) is 24.5 Å². The van der Waals surface area contributed by atoms with Gasteiger partial charge in [0.15, 0.2) is 0 Å². The summed E-state index contributed by atoms with van der Waals surface area (Å²) in [4.78, 5) is 2.28. The number of aliphatic hydroxyl groups is 2. The van der Waals surface area contributed by atoms with Crippen molar-refractivity contribution in [3.05, 3.63) is 35.7 Å². The average Bonchev–Trinajstić information content (AvgIpc) is 2.95. The number of piperidine rings is 1. The number of aliphatic hydroxyl groups excluding tert-OH is 2. The SMILES string of the molecule is CCC[C@]1(CO)CCN(Cc2cnn3cccc(C)c23)C[C@@H]1O. The molecule has 2 aromatic rings. The van der Waals surface area contributed by atoms with E-state index < -0.39 is 6.10 Å². The van der Waals surface area contributed by atoms with Gasteiger partial charge in [-0.2, -0.15) is 5.10 Å². The molecule has 0 aliphatic carbocycles. The Morgan fingerprint density at radius 1 is 1.43 bits per heavy atom. The molecule has 3 rings (SSSR count). The molecule has 1 aliphatic rings. The van der Waals surface area contributed by atoms with Gasteiger partial charge < -0.3 is 10.2 Å². The molecular formula is C18H27N3O2. The molecule has 5 heteroatoms. The molecule has 2 aromatic heterocycles. The highest BCUT2D eigenvalue weighted by Gasteiger charge is 2.41. The topological polar surface area (TPSA) is 61.0 Å². The van der Waals surface area contributed by atoms with Crippen LogP contribution in [0.25, 0.3) is 5.52 Å². The average molecular weight is 317 g/mol. The summed E-state index contributed by atoms with van der Waals surface area (Å²) in [5, 5.41) is 24.8. The second-order valence-electron chi connectivity index (χ2n) is 6.93. The highest BCUT2D eigenvalue weighted by molar-refractivity contribution is 5.59. The van der Waals surface area contributed by atoms with Crippen LogP contribution in [-0.4, -0.2) is 50.5 Å². The van der Waals surface area contributed by atoms with Gasteiger partial charge in [0.25, 0.3) is 0 Å². The number of rotatable bonds is 5. The van der Waals surface area contributed by atoms with Crippen LogP contribution in [0.1, 0.15) is 37.3 Å². The van der Waals surface area contributed by atoms with Crippen LogP contribution in [0.4, 0.5) is 0 Å². The summed E-state index contributed by atoms with van der Waals surface area (Å²) < 4.78 is 1.92. The van der Waals surface area contributed by atoms with Crippen LogP contribution >= 0.6 is 0 Å². The van der Waals surface area contributed by atoms with Crippen molar-refractivity contribution in [1.29, 1.82) is 0 Å². The fraction of sp³-hybridized carbons (Fsp3) is 0.611. The zero-order chi connectivity index (χ0) is 16.4. The van der Waals surface area contributed by atoms with Crippen molar-refractivity contribution >= 4 is 5.52 Å². The number of aryl methyl sites for hydroxylation is 1. The number of hydrogen-bond donors (Lipinski definition) is 2. The number of aromatic nitrogens is 2. The Labute approximate surface area is 137 Å². The lowest BCUT2D eigenvalue weighted by Gasteiger charge is -2.44. The Morgan fingerprint density at radius 2 is 2.26 bits per heavy atom. The maximum Gasteiger partial charge on any atom is 0.0745 e. The van der Waals surface area contributed by atoms with Crippen LogP contribution in [-0.2, 0) is 6.54 Å². The Hall–Kier alpha value is -1.43. The highest BCUT2D eigenvalue weighted by Crippen LogP contribution is 2.36. The summed E-state index contributed by atoms with van der Waals surface area (Å²) in [7, 11) is 0. The zero-order valence-electron chi connectivity index (χ0n) is 14.1. The van der Waals surface area contributed by atoms with Gasteiger partial charge in [-0.1, -0.05) is 19.4 Å². The third-order valence-electron chi connectivity index (χ3n) is 5.34. The number of β-amino-alcohol motifs (C(OH)–C–C–N with tert-alkyl or cyclic N) is 1. The summed E-state index contributed by atoms with van der Waals surface area (Å²) in [5.41, 5.74) is 3.26. The number of nitrogens with zero attached hydrogens (tertiary/aromatic N) is 3. The molecule has 0 saturated carbocycles. The maximum atomic E-state index is 10.6. The number of hydrogen-bond acceptors (Lipinski definition) is 4. The Kier molecular flexibility index (Phi) is 4.71. The standard InChI is InChI=1S/C18H27N3O2/c1-3-6-18(13-22)7-9-20(12-16(18)23)11-15-10-19-21-8-4-5-14(2)17(15)21/h4-5,8,10,16,22-23H,3,6-7,9,11-13H2,1-2H3/t16-,18+/m0/s1. The molecule has 3 heterocycles. The lowest BCUT2D eigenvalue weighted by molar-refractivity contribution is -0.0802. The molecule has 0 aromatic carbocycles. The predicted octanol–water partition coefficient (Wildman–Crippen LogP) is 1.99. The van der Waals surface area contributed by atoms with E-state index in [2.05, 4.69) is 29.9 Å². The van der Waals surface area contributed by atoms with Crippen LogP contribution in [0, 0.1) is 12.3 Å². The third kappa shape index (κ3) is 3.01. The molecule has 0 amide bonds. The van der Waals surface area contributed by atoms with E-state index in [1.807, 2.05) is 23.0 Å². The molecule has 126 valence electrons. The van der Waals surface area contributed by atoms with Crippen LogP contribution in [0.5, 0.6) is 0 Å². The minimum atomic E-state index is -0.468. The first kappa shape index (κ1) is 16.4. The van der Waals surface area contributed by atoms with E-state index in [0.717, 1.165) is 37.9 Å². The van der Waals surface area contributed by atoms with Gasteiger partial charge in [-0.15, -0.1) is 0 Å². The molecule has 2 atom stereocenters. The number of fused-ring (bicyclic) bond motifs is 1. The van der Waals surface area contributed by atoms with Gasteiger partial charge in [-0.3, -0.25) is 4.90 Å². The minimum Gasteiger partial charge on any atom is -0.396 e. The Balaban J connectivity index is 1.75. The van der Waals surface area contributed by atoms with Gasteiger partial charge in [-0.05, 0) is 37.9 Å². The molecule has 0 bridgehead atoms. The molecule has 0 radical (unpaired) electrons. The van der Waals surface area contributed by atoms with Crippen molar-refractivity contribution in [1.82, 2.24) is 14.5 Å². The van der Waals surface area contributed by atoms with Gasteiger partial charge in [0, 0.05) is 30.3 Å². The fourth-order valence-corrected chi connectivity index (χ4v) is 3.92. The first-order chi connectivity index (χ1) is 11.1. The number of likely N-dealkylation sites (tertiary alicyclic amines) is 1. The molecule has 1 aliphatic heterocycles. The van der Waals surface area contributed by atoms with Gasteiger partial charge in [-0.25, -0.2) is 4.52 Å². The molecule has 0 spiro atoms. The van der Waals surface area contributed by atoms with Crippen LogP contribution in [0.2, 0.25) is 0 Å². The third-order valence-corrected chi connectivity index (χ3v) is 5.34. The predicted molar refractivity (Wildman–Crippen MR) is 90.3 cm³/mol. The van der Waals surface area contributed by atoms with Crippen molar-refractivity contribution < 1.29 is 10.2 Å². The summed E-state index contributed by atoms with van der Waals surface area (Å²) >= 11 is 0. The van der Waals surface area contributed by atoms with E-state index in [9.17, 15) is 10.2 Å². The molecule has 23 heavy (non-hydrogen) atoms. The van der Waals surface area contributed by atoms with Gasteiger partial charge in [0.1, 0.15) is 0 Å². The van der Waals surface area contributed by atoms with Crippen molar-refractivity contribution in [2.45, 2.75) is 45.8 Å². The van der Waals surface area contributed by atoms with Crippen molar-refractivity contribution in [2.75, 3.05) is 19.7 Å². The molecular weight excluding hydrogens is 290 g/mol. The van der Waals surface area contributed by atoms with E-state index >= 15 is 0 Å². The summed E-state index contributed by atoms with van der Waals surface area (Å²) in [5.74, 6) is 0. The quantitative estimate of drug-likeness (QED) is 0.885. The first-order valence-corrected chi connectivity index (χ1v) is 8.53. The van der Waals surface area contributed by atoms with E-state index in [1.165, 1.54) is 11.1 Å². The van der Waals surface area contributed by atoms with Crippen LogP contribution < -0.4 is 0 Å². The van der Waals surface area contributed by atoms with E-state index in [0.29, 0.717) is 6.54 Å². The highest BCUT2D eigenvalue weighted by atomic mass is 16.3. The summed E-state index contributed by atoms with van der Waals surface area (Å²) in [6, 6.07) is 4.10. The lowest BCUT2D eigenvalue weighted by atomic mass is 9.73. The normalized spacial score (nSPS) is 26.0. The van der Waals surface area contributed by atoms with Crippen molar-refractivity contribution in [3.63, 3.8) is 0 Å². The Morgan fingerprint density at radius 3 is 2.96 bits per heavy atom. The molecule has 0 unspecified atom stereocenters. The largest absolute Gasteiger partial charge is 0.396 e. The maximum absolute atomic E-state index is 10.6. The molecule has 2 N–H and O–H groups in total.